The van der Waals surface area contributed by atoms with Gasteiger partial charge in [-0.3, -0.25) is 9.78 Å². The minimum atomic E-state index is 0.0219. The van der Waals surface area contributed by atoms with Crippen molar-refractivity contribution in [2.45, 2.75) is 0 Å². The molecule has 0 spiro atoms. The molecule has 0 atom stereocenters. The number of fused-ring (bicyclic) bond motifs is 1. The van der Waals surface area contributed by atoms with E-state index >= 15 is 0 Å². The molecule has 0 fully saturated rings. The summed E-state index contributed by atoms with van der Waals surface area (Å²) in [4.78, 5) is 16.1. The van der Waals surface area contributed by atoms with Gasteiger partial charge in [0.05, 0.1) is 22.0 Å². The topological polar surface area (TPSA) is 34.9 Å². The fourth-order valence-electron chi connectivity index (χ4n) is 1.62. The largest absolute Gasteiger partial charge is 0.273 e. The fraction of sp³-hybridized carbons (Fsp3) is 0. The zero-order chi connectivity index (χ0) is 11.0. The van der Waals surface area contributed by atoms with Crippen LogP contribution in [0.3, 0.4) is 0 Å². The van der Waals surface area contributed by atoms with Crippen molar-refractivity contribution in [3.8, 4) is 5.69 Å². The molecule has 0 amide bonds. The van der Waals surface area contributed by atoms with E-state index in [1.54, 1.807) is 16.4 Å². The molecule has 0 saturated carbocycles. The van der Waals surface area contributed by atoms with E-state index in [-0.39, 0.29) is 5.56 Å². The zero-order valence-electron chi connectivity index (χ0n) is 8.33. The van der Waals surface area contributed by atoms with Gasteiger partial charge in [-0.2, -0.15) is 0 Å². The number of hydrogen-bond acceptors (Lipinski definition) is 3. The molecule has 0 N–H and O–H groups in total. The second kappa shape index (κ2) is 3.57. The van der Waals surface area contributed by atoms with E-state index in [4.69, 9.17) is 0 Å². The predicted molar refractivity (Wildman–Crippen MR) is 65.2 cm³/mol. The van der Waals surface area contributed by atoms with Crippen molar-refractivity contribution in [3.63, 3.8) is 0 Å². The molecular formula is C12H8N2OS. The normalized spacial score (nSPS) is 10.8. The molecule has 3 aromatic rings. The molecule has 0 saturated heterocycles. The smallest absolute Gasteiger partial charge is 0.267 e. The molecule has 0 aliphatic rings. The summed E-state index contributed by atoms with van der Waals surface area (Å²) < 4.78 is 2.66. The summed E-state index contributed by atoms with van der Waals surface area (Å²) in [7, 11) is 0. The minimum Gasteiger partial charge on any atom is -0.267 e. The Labute approximate surface area is 95.8 Å². The molecule has 1 aromatic carbocycles. The van der Waals surface area contributed by atoms with Gasteiger partial charge >= 0.3 is 0 Å². The summed E-state index contributed by atoms with van der Waals surface area (Å²) in [5.41, 5.74) is 0.835. The maximum Gasteiger partial charge on any atom is 0.273 e. The van der Waals surface area contributed by atoms with E-state index in [0.717, 1.165) is 15.8 Å². The third-order valence-corrected chi connectivity index (χ3v) is 3.48. The van der Waals surface area contributed by atoms with E-state index in [1.165, 1.54) is 11.5 Å². The lowest BCUT2D eigenvalue weighted by Crippen LogP contribution is -2.10. The Balaban J connectivity index is 2.34. The van der Waals surface area contributed by atoms with Crippen LogP contribution in [0.5, 0.6) is 0 Å². The highest BCUT2D eigenvalue weighted by Crippen LogP contribution is 2.18. The summed E-state index contributed by atoms with van der Waals surface area (Å²) in [6.07, 6.45) is 3.39. The first-order valence-electron chi connectivity index (χ1n) is 4.88. The number of nitrogens with zero attached hydrogens (tertiary/aromatic N) is 2. The van der Waals surface area contributed by atoms with Gasteiger partial charge in [0, 0.05) is 6.20 Å². The summed E-state index contributed by atoms with van der Waals surface area (Å²) >= 11 is 1.44. The Morgan fingerprint density at radius 3 is 2.75 bits per heavy atom. The van der Waals surface area contributed by atoms with E-state index in [2.05, 4.69) is 4.98 Å². The molecule has 0 bridgehead atoms. The van der Waals surface area contributed by atoms with Crippen LogP contribution in [0.25, 0.3) is 15.8 Å². The molecule has 0 unspecified atom stereocenters. The van der Waals surface area contributed by atoms with Crippen LogP contribution in [-0.4, -0.2) is 8.94 Å². The maximum absolute atomic E-state index is 12.1. The number of rotatable bonds is 1. The first-order chi connectivity index (χ1) is 7.86. The van der Waals surface area contributed by atoms with Gasteiger partial charge in [0.1, 0.15) is 0 Å². The summed E-state index contributed by atoms with van der Waals surface area (Å²) in [6, 6.07) is 11.3. The molecular weight excluding hydrogens is 220 g/mol. The van der Waals surface area contributed by atoms with Gasteiger partial charge in [0.25, 0.3) is 5.56 Å². The maximum atomic E-state index is 12.1. The predicted octanol–water partition coefficient (Wildman–Crippen LogP) is 2.45. The Morgan fingerprint density at radius 1 is 1.12 bits per heavy atom. The van der Waals surface area contributed by atoms with Crippen molar-refractivity contribution in [1.82, 2.24) is 8.94 Å². The van der Waals surface area contributed by atoms with Gasteiger partial charge < -0.3 is 0 Å². The van der Waals surface area contributed by atoms with E-state index < -0.39 is 0 Å². The lowest BCUT2D eigenvalue weighted by atomic mass is 10.3. The third kappa shape index (κ3) is 1.35. The van der Waals surface area contributed by atoms with E-state index in [1.807, 2.05) is 36.4 Å². The number of hydrogen-bond donors (Lipinski definition) is 0. The van der Waals surface area contributed by atoms with Crippen molar-refractivity contribution < 1.29 is 0 Å². The molecule has 0 radical (unpaired) electrons. The molecule has 0 aliphatic heterocycles. The molecule has 78 valence electrons. The Kier molecular flexibility index (Phi) is 2.08. The van der Waals surface area contributed by atoms with Crippen molar-refractivity contribution in [2.75, 3.05) is 0 Å². The second-order valence-electron chi connectivity index (χ2n) is 3.40. The third-order valence-electron chi connectivity index (χ3n) is 2.37. The van der Waals surface area contributed by atoms with Gasteiger partial charge in [0.15, 0.2) is 0 Å². The van der Waals surface area contributed by atoms with Crippen LogP contribution in [0.1, 0.15) is 0 Å². The minimum absolute atomic E-state index is 0.0219. The molecule has 0 aliphatic carbocycles. The number of aromatic nitrogens is 2. The van der Waals surface area contributed by atoms with Gasteiger partial charge in [-0.1, -0.05) is 23.7 Å². The van der Waals surface area contributed by atoms with Crippen LogP contribution >= 0.6 is 11.5 Å². The highest BCUT2D eigenvalue weighted by atomic mass is 32.1. The van der Waals surface area contributed by atoms with Crippen molar-refractivity contribution in [1.29, 1.82) is 0 Å². The van der Waals surface area contributed by atoms with Crippen LogP contribution in [0.15, 0.2) is 53.6 Å². The van der Waals surface area contributed by atoms with Gasteiger partial charge in [0.2, 0.25) is 0 Å². The first-order valence-corrected chi connectivity index (χ1v) is 5.65. The summed E-state index contributed by atoms with van der Waals surface area (Å²) in [5, 5.41) is 0.761. The van der Waals surface area contributed by atoms with Crippen molar-refractivity contribution in [3.05, 3.63) is 59.1 Å². The summed E-state index contributed by atoms with van der Waals surface area (Å²) in [5.74, 6) is 0. The quantitative estimate of drug-likeness (QED) is 0.641. The van der Waals surface area contributed by atoms with Crippen LogP contribution in [-0.2, 0) is 0 Å². The second-order valence-corrected chi connectivity index (χ2v) is 4.39. The lowest BCUT2D eigenvalue weighted by Gasteiger charge is -1.96. The zero-order valence-corrected chi connectivity index (χ0v) is 9.15. The van der Waals surface area contributed by atoms with Gasteiger partial charge in [-0.05, 0) is 24.3 Å². The molecule has 4 heteroatoms. The van der Waals surface area contributed by atoms with Gasteiger partial charge in [-0.25, -0.2) is 3.96 Å². The Bertz CT molecular complexity index is 685. The van der Waals surface area contributed by atoms with E-state index in [0.29, 0.717) is 0 Å². The number of benzene rings is 1. The molecule has 3 nitrogen and oxygen atoms in total. The van der Waals surface area contributed by atoms with E-state index in [9.17, 15) is 4.79 Å². The van der Waals surface area contributed by atoms with Gasteiger partial charge in [-0.15, -0.1) is 0 Å². The average molecular weight is 228 g/mol. The number of pyridine rings is 1. The van der Waals surface area contributed by atoms with Crippen molar-refractivity contribution in [2.24, 2.45) is 0 Å². The van der Waals surface area contributed by atoms with Crippen LogP contribution < -0.4 is 5.56 Å². The molecule has 16 heavy (non-hydrogen) atoms. The lowest BCUT2D eigenvalue weighted by molar-refractivity contribution is 1.11. The molecule has 2 aromatic heterocycles. The average Bonchev–Trinajstić information content (AvgIpc) is 2.69. The van der Waals surface area contributed by atoms with Crippen LogP contribution in [0.2, 0.25) is 0 Å². The summed E-state index contributed by atoms with van der Waals surface area (Å²) in [6.45, 7) is 0. The molecule has 3 rings (SSSR count). The van der Waals surface area contributed by atoms with Crippen molar-refractivity contribution >= 4 is 21.6 Å². The van der Waals surface area contributed by atoms with Crippen LogP contribution in [0, 0.1) is 0 Å². The Morgan fingerprint density at radius 2 is 2.00 bits per heavy atom. The van der Waals surface area contributed by atoms with Crippen LogP contribution in [0.4, 0.5) is 0 Å². The standard InChI is InChI=1S/C12H8N2OS/c15-12-10-5-1-2-6-11(10)16-14(12)9-4-3-7-13-8-9/h1-8H. The highest BCUT2D eigenvalue weighted by Gasteiger charge is 2.07. The monoisotopic (exact) mass is 228 g/mol. The Hall–Kier alpha value is -1.94. The highest BCUT2D eigenvalue weighted by molar-refractivity contribution is 7.14. The fourth-order valence-corrected chi connectivity index (χ4v) is 2.60. The molecule has 2 heterocycles. The SMILES string of the molecule is O=c1c2ccccc2sn1-c1cccnc1. The first kappa shape index (κ1) is 9.30.